The van der Waals surface area contributed by atoms with E-state index in [9.17, 15) is 14.4 Å². The maximum atomic E-state index is 13.2. The van der Waals surface area contributed by atoms with Gasteiger partial charge in [0.05, 0.1) is 16.7 Å². The fraction of sp³-hybridized carbons (Fsp3) is 0.233. The molecule has 0 bridgehead atoms. The maximum Gasteiger partial charge on any atom is 0.339 e. The van der Waals surface area contributed by atoms with Crippen molar-refractivity contribution in [3.05, 3.63) is 108 Å². The predicted molar refractivity (Wildman–Crippen MR) is 136 cm³/mol. The molecule has 3 aromatic carbocycles. The third kappa shape index (κ3) is 5.75. The number of ether oxygens (including phenoxy) is 5. The third-order valence-corrected chi connectivity index (χ3v) is 5.89. The molecule has 0 N–H and O–H groups in total. The molecule has 1 heterocycles. The number of carbonyl (C=O) groups excluding carboxylic acids is 3. The lowest BCUT2D eigenvalue weighted by Crippen LogP contribution is -2.54. The number of carbonyl (C=O) groups is 3. The molecular formula is C30H26O8. The van der Waals surface area contributed by atoms with Crippen LogP contribution in [0.15, 0.2) is 91.0 Å². The van der Waals surface area contributed by atoms with Gasteiger partial charge in [0.15, 0.2) is 12.4 Å². The van der Waals surface area contributed by atoms with Crippen LogP contribution in [0.25, 0.3) is 0 Å². The zero-order chi connectivity index (χ0) is 27.0. The molecule has 194 valence electrons. The summed E-state index contributed by atoms with van der Waals surface area (Å²) in [6.07, 6.45) is -3.62. The van der Waals surface area contributed by atoms with Gasteiger partial charge in [0.2, 0.25) is 11.7 Å². The van der Waals surface area contributed by atoms with Crippen molar-refractivity contribution in [2.75, 3.05) is 13.7 Å². The van der Waals surface area contributed by atoms with Crippen LogP contribution in [0, 0.1) is 11.8 Å². The first-order chi connectivity index (χ1) is 18.5. The Bertz CT molecular complexity index is 1310. The average Bonchev–Trinajstić information content (AvgIpc) is 3.24. The third-order valence-electron chi connectivity index (χ3n) is 5.89. The lowest BCUT2D eigenvalue weighted by Gasteiger charge is -2.32. The summed E-state index contributed by atoms with van der Waals surface area (Å²) >= 11 is 0. The van der Waals surface area contributed by atoms with Gasteiger partial charge in [0.25, 0.3) is 0 Å². The van der Waals surface area contributed by atoms with Gasteiger partial charge < -0.3 is 23.7 Å². The van der Waals surface area contributed by atoms with Gasteiger partial charge in [-0.1, -0.05) is 54.6 Å². The molecule has 0 radical (unpaired) electrons. The first kappa shape index (κ1) is 26.6. The molecular weight excluding hydrogens is 488 g/mol. The average molecular weight is 515 g/mol. The summed E-state index contributed by atoms with van der Waals surface area (Å²) in [5.74, 6) is 3.59. The molecule has 1 unspecified atom stereocenters. The van der Waals surface area contributed by atoms with E-state index in [0.29, 0.717) is 5.56 Å². The van der Waals surface area contributed by atoms with Gasteiger partial charge in [-0.3, -0.25) is 0 Å². The van der Waals surface area contributed by atoms with Crippen molar-refractivity contribution in [3.63, 3.8) is 0 Å². The summed E-state index contributed by atoms with van der Waals surface area (Å²) in [5, 5.41) is 0. The molecule has 0 saturated carbocycles. The molecule has 3 aromatic rings. The largest absolute Gasteiger partial charge is 0.459 e. The first-order valence-electron chi connectivity index (χ1n) is 11.9. The van der Waals surface area contributed by atoms with Gasteiger partial charge in [0.1, 0.15) is 6.61 Å². The lowest BCUT2D eigenvalue weighted by molar-refractivity contribution is -0.155. The van der Waals surface area contributed by atoms with Crippen molar-refractivity contribution in [3.8, 4) is 11.8 Å². The summed E-state index contributed by atoms with van der Waals surface area (Å²) in [5.41, 5.74) is -1.01. The minimum atomic E-state index is -1.86. The molecule has 38 heavy (non-hydrogen) atoms. The topological polar surface area (TPSA) is 97.4 Å². The number of esters is 3. The molecule has 8 nitrogen and oxygen atoms in total. The number of hydrogen-bond donors (Lipinski definition) is 0. The standard InChI is InChI=1S/C30H26O8/c1-3-19-30(38-28(33)23-17-11-6-12-18-23)24(20-35-26(31)21-13-7-4-8-14-21)36-29(34-2)25(30)37-27(32)22-15-9-5-10-16-22/h4-18,24-25,29H,20H2,1-2H3/t24-,25+,29?,30-/m1/s1. The van der Waals surface area contributed by atoms with Crippen LogP contribution in [0.5, 0.6) is 0 Å². The van der Waals surface area contributed by atoms with Crippen LogP contribution in [0.3, 0.4) is 0 Å². The monoisotopic (exact) mass is 514 g/mol. The molecule has 1 aliphatic heterocycles. The van der Waals surface area contributed by atoms with Crippen molar-refractivity contribution < 1.29 is 38.1 Å². The van der Waals surface area contributed by atoms with Gasteiger partial charge in [-0.05, 0) is 49.2 Å². The molecule has 0 aromatic heterocycles. The number of rotatable bonds is 8. The van der Waals surface area contributed by atoms with Crippen LogP contribution in [-0.2, 0) is 23.7 Å². The second-order valence-electron chi connectivity index (χ2n) is 8.31. The Morgan fingerprint density at radius 3 is 1.79 bits per heavy atom. The van der Waals surface area contributed by atoms with Crippen molar-refractivity contribution in [2.45, 2.75) is 31.0 Å². The van der Waals surface area contributed by atoms with Crippen molar-refractivity contribution >= 4 is 17.9 Å². The number of hydrogen-bond acceptors (Lipinski definition) is 8. The molecule has 1 saturated heterocycles. The second-order valence-corrected chi connectivity index (χ2v) is 8.31. The fourth-order valence-corrected chi connectivity index (χ4v) is 4.05. The van der Waals surface area contributed by atoms with Crippen molar-refractivity contribution in [2.24, 2.45) is 0 Å². The van der Waals surface area contributed by atoms with E-state index in [-0.39, 0.29) is 17.7 Å². The van der Waals surface area contributed by atoms with E-state index in [1.165, 1.54) is 7.11 Å². The Labute approximate surface area is 220 Å². The Hall–Kier alpha value is -4.45. The normalized spacial score (nSPS) is 22.0. The molecule has 4 rings (SSSR count). The minimum Gasteiger partial charge on any atom is -0.459 e. The molecule has 0 spiro atoms. The Morgan fingerprint density at radius 1 is 0.789 bits per heavy atom. The SMILES string of the molecule is CC#C[C@@]1(OC(=O)c2ccccc2)[C@@H](COC(=O)c2ccccc2)OC(OC)[C@@H]1OC(=O)c1ccccc1. The van der Waals surface area contributed by atoms with Crippen molar-refractivity contribution in [1.82, 2.24) is 0 Å². The Morgan fingerprint density at radius 2 is 1.29 bits per heavy atom. The fourth-order valence-electron chi connectivity index (χ4n) is 4.05. The summed E-state index contributed by atoms with van der Waals surface area (Å²) in [4.78, 5) is 39.0. The van der Waals surface area contributed by atoms with Crippen LogP contribution < -0.4 is 0 Å². The first-order valence-corrected chi connectivity index (χ1v) is 11.9. The van der Waals surface area contributed by atoms with E-state index in [1.54, 1.807) is 97.9 Å². The van der Waals surface area contributed by atoms with Crippen LogP contribution in [0.4, 0.5) is 0 Å². The summed E-state index contributed by atoms with van der Waals surface area (Å²) in [6.45, 7) is 1.19. The van der Waals surface area contributed by atoms with E-state index in [2.05, 4.69) is 11.8 Å². The van der Waals surface area contributed by atoms with Crippen LogP contribution >= 0.6 is 0 Å². The quantitative estimate of drug-likeness (QED) is 0.252. The molecule has 8 heteroatoms. The van der Waals surface area contributed by atoms with E-state index in [4.69, 9.17) is 23.7 Å². The second kappa shape index (κ2) is 12.2. The van der Waals surface area contributed by atoms with Gasteiger partial charge in [0, 0.05) is 7.11 Å². The highest BCUT2D eigenvalue weighted by molar-refractivity contribution is 5.91. The van der Waals surface area contributed by atoms with E-state index in [1.807, 2.05) is 0 Å². The lowest BCUT2D eigenvalue weighted by atomic mass is 9.92. The Balaban J connectivity index is 1.69. The minimum absolute atomic E-state index is 0.249. The summed E-state index contributed by atoms with van der Waals surface area (Å²) < 4.78 is 28.8. The van der Waals surface area contributed by atoms with Crippen LogP contribution in [0.2, 0.25) is 0 Å². The van der Waals surface area contributed by atoms with E-state index in [0.717, 1.165) is 0 Å². The van der Waals surface area contributed by atoms with E-state index < -0.39 is 42.0 Å². The molecule has 0 amide bonds. The molecule has 1 fully saturated rings. The van der Waals surface area contributed by atoms with Gasteiger partial charge >= 0.3 is 17.9 Å². The molecule has 4 atom stereocenters. The van der Waals surface area contributed by atoms with Gasteiger partial charge in [-0.15, -0.1) is 5.92 Å². The number of benzene rings is 3. The summed E-state index contributed by atoms with van der Waals surface area (Å²) in [6, 6.07) is 25.0. The molecule has 0 aliphatic carbocycles. The zero-order valence-electron chi connectivity index (χ0n) is 20.9. The van der Waals surface area contributed by atoms with E-state index >= 15 is 0 Å². The summed E-state index contributed by atoms with van der Waals surface area (Å²) in [7, 11) is 1.36. The number of methoxy groups -OCH3 is 1. The van der Waals surface area contributed by atoms with Gasteiger partial charge in [-0.25, -0.2) is 14.4 Å². The highest BCUT2D eigenvalue weighted by atomic mass is 16.7. The zero-order valence-corrected chi connectivity index (χ0v) is 20.9. The Kier molecular flexibility index (Phi) is 8.54. The van der Waals surface area contributed by atoms with Crippen LogP contribution in [-0.4, -0.2) is 55.7 Å². The van der Waals surface area contributed by atoms with Crippen molar-refractivity contribution in [1.29, 1.82) is 0 Å². The van der Waals surface area contributed by atoms with Crippen LogP contribution in [0.1, 0.15) is 38.0 Å². The smallest absolute Gasteiger partial charge is 0.339 e. The maximum absolute atomic E-state index is 13.2. The molecule has 1 aliphatic rings. The predicted octanol–water partition coefficient (Wildman–Crippen LogP) is 4.06. The highest BCUT2D eigenvalue weighted by Gasteiger charge is 2.62. The van der Waals surface area contributed by atoms with Gasteiger partial charge in [-0.2, -0.15) is 0 Å². The highest BCUT2D eigenvalue weighted by Crippen LogP contribution is 2.38.